The molecule has 3 heterocycles. The first kappa shape index (κ1) is 11.9. The second kappa shape index (κ2) is 4.60. The van der Waals surface area contributed by atoms with Gasteiger partial charge in [0.25, 0.3) is 0 Å². The third-order valence-corrected chi connectivity index (χ3v) is 3.38. The summed E-state index contributed by atoms with van der Waals surface area (Å²) in [4.78, 5) is 4.34. The summed E-state index contributed by atoms with van der Waals surface area (Å²) < 4.78 is 7.49. The molecule has 0 aliphatic carbocycles. The van der Waals surface area contributed by atoms with Gasteiger partial charge in [0.2, 0.25) is 0 Å². The number of rotatable bonds is 3. The Morgan fingerprint density at radius 1 is 1.24 bits per heavy atom. The number of hydrogen-bond acceptors (Lipinski definition) is 4. The molecule has 1 aromatic carbocycles. The smallest absolute Gasteiger partial charge is 0.180 e. The molecule has 0 saturated carbocycles. The van der Waals surface area contributed by atoms with Gasteiger partial charge in [-0.15, -0.1) is 0 Å². The second-order valence-electron chi connectivity index (χ2n) is 4.69. The Hall–Kier alpha value is -2.86. The fourth-order valence-corrected chi connectivity index (χ4v) is 2.35. The van der Waals surface area contributed by atoms with Crippen molar-refractivity contribution in [1.82, 2.24) is 19.7 Å². The first-order valence-corrected chi connectivity index (χ1v) is 6.52. The molecule has 0 radical (unpaired) electrons. The van der Waals surface area contributed by atoms with E-state index in [1.807, 2.05) is 29.0 Å². The van der Waals surface area contributed by atoms with Crippen LogP contribution in [-0.2, 0) is 6.61 Å². The lowest BCUT2D eigenvalue weighted by molar-refractivity contribution is 0.248. The van der Waals surface area contributed by atoms with E-state index in [4.69, 9.17) is 9.52 Å². The van der Waals surface area contributed by atoms with Crippen LogP contribution in [-0.4, -0.2) is 24.9 Å². The van der Waals surface area contributed by atoms with Crippen molar-refractivity contribution in [3.63, 3.8) is 0 Å². The number of fused-ring (bicyclic) bond motifs is 1. The van der Waals surface area contributed by atoms with E-state index in [-0.39, 0.29) is 6.61 Å². The number of aliphatic hydroxyl groups excluding tert-OH is 1. The van der Waals surface area contributed by atoms with Crippen molar-refractivity contribution in [2.45, 2.75) is 6.61 Å². The summed E-state index contributed by atoms with van der Waals surface area (Å²) in [6.45, 7) is -0.124. The van der Waals surface area contributed by atoms with Crippen molar-refractivity contribution >= 4 is 10.9 Å². The number of aliphatic hydroxyl groups is 1. The molecule has 0 atom stereocenters. The predicted molar refractivity (Wildman–Crippen MR) is 76.8 cm³/mol. The van der Waals surface area contributed by atoms with Gasteiger partial charge in [0.05, 0.1) is 11.7 Å². The number of imidazole rings is 1. The van der Waals surface area contributed by atoms with Crippen LogP contribution in [0.2, 0.25) is 0 Å². The van der Waals surface area contributed by atoms with Crippen molar-refractivity contribution in [3.05, 3.63) is 54.7 Å². The average molecular weight is 280 g/mol. The van der Waals surface area contributed by atoms with E-state index in [2.05, 4.69) is 15.2 Å². The number of H-pyrrole nitrogens is 1. The maximum atomic E-state index is 9.10. The van der Waals surface area contributed by atoms with Crippen LogP contribution in [0.5, 0.6) is 0 Å². The Bertz CT molecular complexity index is 903. The topological polar surface area (TPSA) is 79.9 Å². The summed E-state index contributed by atoms with van der Waals surface area (Å²) in [5, 5.41) is 17.1. The van der Waals surface area contributed by atoms with Crippen LogP contribution in [0.1, 0.15) is 5.76 Å². The highest BCUT2D eigenvalue weighted by Gasteiger charge is 2.12. The van der Waals surface area contributed by atoms with Crippen molar-refractivity contribution < 1.29 is 9.52 Å². The molecule has 0 bridgehead atoms. The second-order valence-corrected chi connectivity index (χ2v) is 4.69. The van der Waals surface area contributed by atoms with Crippen molar-refractivity contribution in [1.29, 1.82) is 0 Å². The average Bonchev–Trinajstić information content (AvgIpc) is 3.24. The summed E-state index contributed by atoms with van der Waals surface area (Å²) >= 11 is 0. The van der Waals surface area contributed by atoms with Crippen LogP contribution in [0.4, 0.5) is 0 Å². The molecule has 3 aromatic heterocycles. The molecule has 0 spiro atoms. The summed E-state index contributed by atoms with van der Waals surface area (Å²) in [5.74, 6) is 1.82. The first-order valence-electron chi connectivity index (χ1n) is 6.52. The molecule has 4 aromatic rings. The molecule has 0 aliphatic rings. The molecule has 6 nitrogen and oxygen atoms in total. The highest BCUT2D eigenvalue weighted by Crippen LogP contribution is 2.25. The number of furan rings is 1. The number of benzene rings is 1. The van der Waals surface area contributed by atoms with Crippen LogP contribution in [0.15, 0.2) is 53.3 Å². The zero-order valence-electron chi connectivity index (χ0n) is 11.0. The SMILES string of the molecule is OCc1ccc(-c2nccn2-c2ccc3cn[nH]c3c2)o1. The number of aromatic amines is 1. The molecule has 104 valence electrons. The maximum absolute atomic E-state index is 9.10. The normalized spacial score (nSPS) is 11.3. The van der Waals surface area contributed by atoms with E-state index < -0.39 is 0 Å². The van der Waals surface area contributed by atoms with Gasteiger partial charge in [-0.3, -0.25) is 9.67 Å². The minimum absolute atomic E-state index is 0.124. The Morgan fingerprint density at radius 3 is 3.05 bits per heavy atom. The molecule has 0 saturated heterocycles. The maximum Gasteiger partial charge on any atom is 0.180 e. The third kappa shape index (κ3) is 1.93. The van der Waals surface area contributed by atoms with E-state index in [0.717, 1.165) is 16.6 Å². The molecular weight excluding hydrogens is 268 g/mol. The van der Waals surface area contributed by atoms with Crippen LogP contribution in [0.25, 0.3) is 28.2 Å². The van der Waals surface area contributed by atoms with Crippen molar-refractivity contribution in [2.24, 2.45) is 0 Å². The molecule has 4 rings (SSSR count). The molecule has 0 aliphatic heterocycles. The van der Waals surface area contributed by atoms with Crippen LogP contribution >= 0.6 is 0 Å². The van der Waals surface area contributed by atoms with Gasteiger partial charge in [-0.25, -0.2) is 4.98 Å². The lowest BCUT2D eigenvalue weighted by Crippen LogP contribution is -1.95. The molecule has 0 fully saturated rings. The number of nitrogens with one attached hydrogen (secondary N) is 1. The van der Waals surface area contributed by atoms with Crippen LogP contribution < -0.4 is 0 Å². The van der Waals surface area contributed by atoms with E-state index in [0.29, 0.717) is 17.3 Å². The van der Waals surface area contributed by atoms with Gasteiger partial charge in [-0.2, -0.15) is 5.10 Å². The fourth-order valence-electron chi connectivity index (χ4n) is 2.35. The molecule has 2 N–H and O–H groups in total. The molecule has 6 heteroatoms. The first-order chi connectivity index (χ1) is 10.3. The van der Waals surface area contributed by atoms with Gasteiger partial charge < -0.3 is 9.52 Å². The number of aromatic nitrogens is 4. The highest BCUT2D eigenvalue weighted by molar-refractivity contribution is 5.80. The van der Waals surface area contributed by atoms with Gasteiger partial charge in [-0.1, -0.05) is 0 Å². The minimum Gasteiger partial charge on any atom is -0.455 e. The van der Waals surface area contributed by atoms with Crippen molar-refractivity contribution in [3.8, 4) is 17.3 Å². The molecular formula is C15H12N4O2. The van der Waals surface area contributed by atoms with E-state index >= 15 is 0 Å². The standard InChI is InChI=1S/C15H12N4O2/c20-9-12-3-4-14(21-12)15-16-5-6-19(15)11-2-1-10-8-17-18-13(10)7-11/h1-8,20H,9H2,(H,17,18). The van der Waals surface area contributed by atoms with Crippen LogP contribution in [0, 0.1) is 0 Å². The van der Waals surface area contributed by atoms with E-state index in [9.17, 15) is 0 Å². The van der Waals surface area contributed by atoms with Gasteiger partial charge in [0, 0.05) is 23.5 Å². The number of nitrogens with zero attached hydrogens (tertiary/aromatic N) is 3. The Morgan fingerprint density at radius 2 is 2.19 bits per heavy atom. The predicted octanol–water partition coefficient (Wildman–Crippen LogP) is 2.50. The molecule has 0 amide bonds. The van der Waals surface area contributed by atoms with E-state index in [1.54, 1.807) is 24.5 Å². The lowest BCUT2D eigenvalue weighted by atomic mass is 10.2. The third-order valence-electron chi connectivity index (χ3n) is 3.38. The monoisotopic (exact) mass is 280 g/mol. The quantitative estimate of drug-likeness (QED) is 0.604. The largest absolute Gasteiger partial charge is 0.455 e. The minimum atomic E-state index is -0.124. The Kier molecular flexibility index (Phi) is 2.61. The summed E-state index contributed by atoms with van der Waals surface area (Å²) in [6.07, 6.45) is 5.37. The van der Waals surface area contributed by atoms with Crippen molar-refractivity contribution in [2.75, 3.05) is 0 Å². The van der Waals surface area contributed by atoms with Gasteiger partial charge in [-0.05, 0) is 30.3 Å². The lowest BCUT2D eigenvalue weighted by Gasteiger charge is -2.06. The van der Waals surface area contributed by atoms with Gasteiger partial charge >= 0.3 is 0 Å². The molecule has 21 heavy (non-hydrogen) atoms. The Labute approximate surface area is 119 Å². The zero-order valence-corrected chi connectivity index (χ0v) is 11.0. The van der Waals surface area contributed by atoms with Crippen LogP contribution in [0.3, 0.4) is 0 Å². The highest BCUT2D eigenvalue weighted by atomic mass is 16.4. The Balaban J connectivity index is 1.83. The van der Waals surface area contributed by atoms with Gasteiger partial charge in [0.15, 0.2) is 11.6 Å². The zero-order chi connectivity index (χ0) is 14.2. The summed E-state index contributed by atoms with van der Waals surface area (Å²) in [7, 11) is 0. The molecule has 0 unspecified atom stereocenters. The fraction of sp³-hybridized carbons (Fsp3) is 0.0667. The summed E-state index contributed by atoms with van der Waals surface area (Å²) in [5.41, 5.74) is 1.92. The van der Waals surface area contributed by atoms with E-state index in [1.165, 1.54) is 0 Å². The summed E-state index contributed by atoms with van der Waals surface area (Å²) in [6, 6.07) is 9.55. The van der Waals surface area contributed by atoms with Gasteiger partial charge in [0.1, 0.15) is 12.4 Å². The number of hydrogen-bond donors (Lipinski definition) is 2.